The van der Waals surface area contributed by atoms with Crippen molar-refractivity contribution in [3.63, 3.8) is 0 Å². The van der Waals surface area contributed by atoms with Crippen LogP contribution in [0.3, 0.4) is 0 Å². The molecule has 1 saturated heterocycles. The first kappa shape index (κ1) is 16.7. The summed E-state index contributed by atoms with van der Waals surface area (Å²) in [7, 11) is -1.19. The normalized spacial score (nSPS) is 23.1. The smallest absolute Gasteiger partial charge is 0.240 e. The van der Waals surface area contributed by atoms with E-state index < -0.39 is 10.0 Å². The maximum atomic E-state index is 12.1. The lowest BCUT2D eigenvalue weighted by molar-refractivity contribution is -1.00. The minimum atomic E-state index is -3.41. The van der Waals surface area contributed by atoms with Crippen LogP contribution in [0.25, 0.3) is 0 Å². The molecule has 3 N–H and O–H groups in total. The average Bonchev–Trinajstić information content (AvgIpc) is 2.46. The van der Waals surface area contributed by atoms with E-state index in [1.54, 1.807) is 21.9 Å². The van der Waals surface area contributed by atoms with E-state index in [-0.39, 0.29) is 4.90 Å². The molecule has 1 fully saturated rings. The van der Waals surface area contributed by atoms with Gasteiger partial charge in [-0.1, -0.05) is 11.6 Å². The van der Waals surface area contributed by atoms with Crippen LogP contribution in [0.2, 0.25) is 5.02 Å². The van der Waals surface area contributed by atoms with Gasteiger partial charge in [0.25, 0.3) is 0 Å². The number of hydrogen-bond acceptors (Lipinski definition) is 2. The number of halogens is 1. The van der Waals surface area contributed by atoms with Crippen LogP contribution < -0.4 is 14.5 Å². The molecule has 1 aliphatic rings. The van der Waals surface area contributed by atoms with Crippen LogP contribution in [0.5, 0.6) is 0 Å². The molecule has 7 heteroatoms. The third-order valence-electron chi connectivity index (χ3n) is 3.93. The van der Waals surface area contributed by atoms with Crippen LogP contribution in [-0.2, 0) is 10.0 Å². The van der Waals surface area contributed by atoms with E-state index in [0.717, 1.165) is 13.0 Å². The highest BCUT2D eigenvalue weighted by molar-refractivity contribution is 7.89. The fourth-order valence-corrected chi connectivity index (χ4v) is 3.72. The van der Waals surface area contributed by atoms with E-state index in [1.165, 1.54) is 38.3 Å². The molecule has 0 saturated carbocycles. The SMILES string of the molecule is C[NH+]1CC[NH+](CCCNS(=O)(=O)c2ccc(Cl)cc2)CC1. The number of piperazine rings is 1. The zero-order valence-corrected chi connectivity index (χ0v) is 13.9. The van der Waals surface area contributed by atoms with Crippen molar-refractivity contribution < 1.29 is 18.2 Å². The Morgan fingerprint density at radius 3 is 2.38 bits per heavy atom. The Kier molecular flexibility index (Phi) is 6.01. The molecule has 0 amide bonds. The zero-order valence-electron chi connectivity index (χ0n) is 12.4. The average molecular weight is 334 g/mol. The van der Waals surface area contributed by atoms with Crippen molar-refractivity contribution >= 4 is 21.6 Å². The summed E-state index contributed by atoms with van der Waals surface area (Å²) >= 11 is 5.77. The lowest BCUT2D eigenvalue weighted by Gasteiger charge is -2.27. The maximum Gasteiger partial charge on any atom is 0.240 e. The molecular weight excluding hydrogens is 310 g/mol. The zero-order chi connectivity index (χ0) is 15.3. The Labute approximate surface area is 131 Å². The first-order chi connectivity index (χ1) is 9.97. The van der Waals surface area contributed by atoms with Gasteiger partial charge < -0.3 is 9.80 Å². The van der Waals surface area contributed by atoms with Crippen LogP contribution in [0.15, 0.2) is 29.2 Å². The molecule has 0 aliphatic carbocycles. The molecule has 118 valence electrons. The van der Waals surface area contributed by atoms with Gasteiger partial charge in [-0.05, 0) is 24.3 Å². The molecule has 1 heterocycles. The number of nitrogens with one attached hydrogen (secondary N) is 3. The van der Waals surface area contributed by atoms with Gasteiger partial charge in [0, 0.05) is 18.0 Å². The summed E-state index contributed by atoms with van der Waals surface area (Å²) < 4.78 is 26.8. The quantitative estimate of drug-likeness (QED) is 0.551. The molecule has 1 aromatic rings. The monoisotopic (exact) mass is 333 g/mol. The summed E-state index contributed by atoms with van der Waals surface area (Å²) in [5.41, 5.74) is 0. The van der Waals surface area contributed by atoms with Crippen molar-refractivity contribution in [2.24, 2.45) is 0 Å². The van der Waals surface area contributed by atoms with Crippen molar-refractivity contribution in [3.8, 4) is 0 Å². The van der Waals surface area contributed by atoms with E-state index in [0.29, 0.717) is 11.6 Å². The number of sulfonamides is 1. The highest BCUT2D eigenvalue weighted by atomic mass is 35.5. The second-order valence-corrected chi connectivity index (χ2v) is 7.87. The van der Waals surface area contributed by atoms with Crippen LogP contribution in [-0.4, -0.2) is 54.7 Å². The third-order valence-corrected chi connectivity index (χ3v) is 5.66. The van der Waals surface area contributed by atoms with Gasteiger partial charge in [-0.25, -0.2) is 13.1 Å². The number of likely N-dealkylation sites (N-methyl/N-ethyl adjacent to an activating group) is 1. The van der Waals surface area contributed by atoms with Crippen molar-refractivity contribution in [1.82, 2.24) is 4.72 Å². The number of benzene rings is 1. The van der Waals surface area contributed by atoms with Gasteiger partial charge in [-0.15, -0.1) is 0 Å². The minimum Gasteiger partial charge on any atom is -0.328 e. The van der Waals surface area contributed by atoms with Gasteiger partial charge in [-0.3, -0.25) is 0 Å². The minimum absolute atomic E-state index is 0.266. The molecule has 0 atom stereocenters. The number of quaternary nitrogens is 2. The standard InChI is InChI=1S/C14H22ClN3O2S/c1-17-9-11-18(12-10-17)8-2-7-16-21(19,20)14-5-3-13(15)4-6-14/h3-6,16H,2,7-12H2,1H3/p+2. The second-order valence-electron chi connectivity index (χ2n) is 5.66. The molecule has 1 aromatic carbocycles. The molecule has 0 spiro atoms. The molecule has 2 rings (SSSR count). The largest absolute Gasteiger partial charge is 0.328 e. The predicted molar refractivity (Wildman–Crippen MR) is 83.4 cm³/mol. The fourth-order valence-electron chi connectivity index (χ4n) is 2.52. The summed E-state index contributed by atoms with van der Waals surface area (Å²) in [6.45, 7) is 6.26. The first-order valence-corrected chi connectivity index (χ1v) is 9.23. The topological polar surface area (TPSA) is 55.1 Å². The van der Waals surface area contributed by atoms with E-state index in [1.807, 2.05) is 0 Å². The lowest BCUT2D eigenvalue weighted by Crippen LogP contribution is -3.27. The Bertz CT molecular complexity index is 540. The Balaban J connectivity index is 1.73. The Morgan fingerprint density at radius 1 is 1.14 bits per heavy atom. The molecule has 5 nitrogen and oxygen atoms in total. The maximum absolute atomic E-state index is 12.1. The summed E-state index contributed by atoms with van der Waals surface area (Å²) in [6, 6.07) is 6.23. The Hall–Kier alpha value is -0.660. The number of hydrogen-bond donors (Lipinski definition) is 3. The second kappa shape index (κ2) is 7.56. The summed E-state index contributed by atoms with van der Waals surface area (Å²) in [4.78, 5) is 3.43. The third kappa shape index (κ3) is 5.23. The highest BCUT2D eigenvalue weighted by Gasteiger charge is 2.19. The van der Waals surface area contributed by atoms with E-state index in [4.69, 9.17) is 11.6 Å². The summed E-state index contributed by atoms with van der Waals surface area (Å²) in [5.74, 6) is 0. The van der Waals surface area contributed by atoms with Crippen molar-refractivity contribution in [2.75, 3.05) is 46.3 Å². The highest BCUT2D eigenvalue weighted by Crippen LogP contribution is 2.13. The summed E-state index contributed by atoms with van der Waals surface area (Å²) in [6.07, 6.45) is 0.862. The van der Waals surface area contributed by atoms with Gasteiger partial charge >= 0.3 is 0 Å². The molecule has 0 aromatic heterocycles. The molecule has 0 unspecified atom stereocenters. The van der Waals surface area contributed by atoms with E-state index >= 15 is 0 Å². The first-order valence-electron chi connectivity index (χ1n) is 7.37. The van der Waals surface area contributed by atoms with Gasteiger partial charge in [0.1, 0.15) is 26.2 Å². The van der Waals surface area contributed by atoms with Gasteiger partial charge in [0.2, 0.25) is 10.0 Å². The van der Waals surface area contributed by atoms with Gasteiger partial charge in [0.15, 0.2) is 0 Å². The number of rotatable bonds is 6. The van der Waals surface area contributed by atoms with Crippen molar-refractivity contribution in [1.29, 1.82) is 0 Å². The van der Waals surface area contributed by atoms with Crippen molar-refractivity contribution in [3.05, 3.63) is 29.3 Å². The van der Waals surface area contributed by atoms with Crippen LogP contribution in [0.1, 0.15) is 6.42 Å². The van der Waals surface area contributed by atoms with Crippen LogP contribution in [0.4, 0.5) is 0 Å². The molecule has 0 bridgehead atoms. The van der Waals surface area contributed by atoms with Crippen LogP contribution in [0, 0.1) is 0 Å². The molecular formula is C14H24ClN3O2S+2. The fraction of sp³-hybridized carbons (Fsp3) is 0.571. The molecule has 1 aliphatic heterocycles. The summed E-state index contributed by atoms with van der Waals surface area (Å²) in [5, 5.41) is 0.537. The predicted octanol–water partition coefficient (Wildman–Crippen LogP) is -1.58. The van der Waals surface area contributed by atoms with Gasteiger partial charge in [-0.2, -0.15) is 0 Å². The molecule has 21 heavy (non-hydrogen) atoms. The van der Waals surface area contributed by atoms with Crippen molar-refractivity contribution in [2.45, 2.75) is 11.3 Å². The van der Waals surface area contributed by atoms with Gasteiger partial charge in [0.05, 0.1) is 18.5 Å². The van der Waals surface area contributed by atoms with E-state index in [2.05, 4.69) is 11.8 Å². The van der Waals surface area contributed by atoms with Crippen LogP contribution >= 0.6 is 11.6 Å². The molecule has 0 radical (unpaired) electrons. The lowest BCUT2D eigenvalue weighted by atomic mass is 10.3. The Morgan fingerprint density at radius 2 is 1.76 bits per heavy atom. The van der Waals surface area contributed by atoms with E-state index in [9.17, 15) is 8.42 Å².